The molecular weight excluding hydrogens is 612 g/mol. The van der Waals surface area contributed by atoms with Crippen LogP contribution in [0.4, 0.5) is 0 Å². The fourth-order valence-electron chi connectivity index (χ4n) is 4.18. The molecule has 0 saturated carbocycles. The second kappa shape index (κ2) is 43.5. The van der Waals surface area contributed by atoms with Crippen LogP contribution in [0, 0.1) is 5.92 Å². The molecule has 0 aliphatic carbocycles. The third-order valence-electron chi connectivity index (χ3n) is 6.78. The van der Waals surface area contributed by atoms with Crippen LogP contribution in [0.2, 0.25) is 0 Å². The minimum absolute atomic E-state index is 0.0284. The maximum atomic E-state index is 8.58. The molecule has 0 aromatic heterocycles. The Labute approximate surface area is 286 Å². The van der Waals surface area contributed by atoms with Crippen LogP contribution in [0.3, 0.4) is 0 Å². The summed E-state index contributed by atoms with van der Waals surface area (Å²) in [6.45, 7) is 16.4. The Hall–Kier alpha value is -0.480. The molecule has 0 heterocycles. The summed E-state index contributed by atoms with van der Waals surface area (Å²) < 4.78 is 60.0. The summed E-state index contributed by atoms with van der Waals surface area (Å²) in [6.07, 6.45) is 12.0. The van der Waals surface area contributed by atoms with Gasteiger partial charge >= 0.3 is 0 Å². The van der Waals surface area contributed by atoms with Crippen molar-refractivity contribution in [1.29, 1.82) is 0 Å². The summed E-state index contributed by atoms with van der Waals surface area (Å²) in [5, 5.41) is 8.58. The first-order chi connectivity index (χ1) is 23.3. The average Bonchev–Trinajstić information content (AvgIpc) is 3.07. The lowest BCUT2D eigenvalue weighted by Crippen LogP contribution is -2.15. The van der Waals surface area contributed by atoms with E-state index in [0.29, 0.717) is 139 Å². The van der Waals surface area contributed by atoms with E-state index in [0.717, 1.165) is 18.9 Å². The molecule has 0 bridgehead atoms. The minimum Gasteiger partial charge on any atom is -0.394 e. The van der Waals surface area contributed by atoms with E-state index in [1.54, 1.807) is 0 Å². The summed E-state index contributed by atoms with van der Waals surface area (Å²) in [4.78, 5) is 0. The molecule has 0 saturated heterocycles. The Bertz CT molecular complexity index is 545. The molecule has 0 aliphatic rings. The van der Waals surface area contributed by atoms with Crippen LogP contribution in [0.15, 0.2) is 0 Å². The van der Waals surface area contributed by atoms with Gasteiger partial charge in [-0.25, -0.2) is 0 Å². The fraction of sp³-hybridized carbons (Fsp3) is 1.00. The monoisotopic (exact) mass is 685 g/mol. The zero-order valence-electron chi connectivity index (χ0n) is 30.1. The van der Waals surface area contributed by atoms with Crippen molar-refractivity contribution < 1.29 is 57.2 Å². The van der Waals surface area contributed by atoms with Gasteiger partial charge in [0.2, 0.25) is 0 Å². The van der Waals surface area contributed by atoms with Crippen LogP contribution < -0.4 is 0 Å². The summed E-state index contributed by atoms with van der Waals surface area (Å²) in [6, 6.07) is 0. The van der Waals surface area contributed by atoms with Crippen molar-refractivity contribution in [3.63, 3.8) is 0 Å². The summed E-state index contributed by atoms with van der Waals surface area (Å²) in [5.41, 5.74) is 0. The molecule has 0 unspecified atom stereocenters. The lowest BCUT2D eigenvalue weighted by atomic mass is 10.0. The van der Waals surface area contributed by atoms with Crippen molar-refractivity contribution in [2.75, 3.05) is 152 Å². The molecule has 12 heteroatoms. The van der Waals surface area contributed by atoms with Gasteiger partial charge in [-0.15, -0.1) is 0 Å². The van der Waals surface area contributed by atoms with Gasteiger partial charge in [-0.3, -0.25) is 0 Å². The minimum atomic E-state index is 0.0284. The first-order valence-corrected chi connectivity index (χ1v) is 18.2. The molecule has 0 aromatic carbocycles. The van der Waals surface area contributed by atoms with Crippen LogP contribution >= 0.6 is 0 Å². The van der Waals surface area contributed by atoms with Crippen molar-refractivity contribution in [3.05, 3.63) is 0 Å². The highest BCUT2D eigenvalue weighted by Crippen LogP contribution is 2.12. The Kier molecular flexibility index (Phi) is 43.1. The van der Waals surface area contributed by atoms with Gasteiger partial charge in [0.15, 0.2) is 0 Å². The number of hydrogen-bond donors (Lipinski definition) is 1. The largest absolute Gasteiger partial charge is 0.394 e. The molecule has 0 radical (unpaired) electrons. The Morgan fingerprint density at radius 2 is 0.489 bits per heavy atom. The number of hydrogen-bond acceptors (Lipinski definition) is 12. The van der Waals surface area contributed by atoms with Crippen molar-refractivity contribution in [2.45, 2.75) is 71.6 Å². The van der Waals surface area contributed by atoms with Gasteiger partial charge in [-0.1, -0.05) is 65.2 Å². The topological polar surface area (TPSA) is 122 Å². The molecule has 12 nitrogen and oxygen atoms in total. The molecule has 0 rings (SSSR count). The van der Waals surface area contributed by atoms with Gasteiger partial charge in [0.05, 0.1) is 145 Å². The van der Waals surface area contributed by atoms with Gasteiger partial charge in [0.1, 0.15) is 0 Å². The Morgan fingerprint density at radius 1 is 0.277 bits per heavy atom. The third-order valence-corrected chi connectivity index (χ3v) is 6.78. The zero-order chi connectivity index (χ0) is 34.0. The summed E-state index contributed by atoms with van der Waals surface area (Å²) in [7, 11) is 0. The van der Waals surface area contributed by atoms with Gasteiger partial charge in [-0.2, -0.15) is 0 Å². The van der Waals surface area contributed by atoms with E-state index in [-0.39, 0.29) is 6.61 Å². The normalized spacial score (nSPS) is 11.7. The second-order valence-corrected chi connectivity index (χ2v) is 11.5. The predicted molar refractivity (Wildman–Crippen MR) is 182 cm³/mol. The van der Waals surface area contributed by atoms with Crippen LogP contribution in [-0.2, 0) is 52.1 Å². The van der Waals surface area contributed by atoms with Gasteiger partial charge in [0, 0.05) is 6.61 Å². The van der Waals surface area contributed by atoms with Crippen LogP contribution in [0.1, 0.15) is 71.6 Å². The zero-order valence-corrected chi connectivity index (χ0v) is 30.1. The lowest BCUT2D eigenvalue weighted by Gasteiger charge is -2.09. The molecule has 0 spiro atoms. The molecule has 284 valence electrons. The third kappa shape index (κ3) is 45.5. The molecule has 47 heavy (non-hydrogen) atoms. The highest BCUT2D eigenvalue weighted by Gasteiger charge is 1.98. The number of rotatable bonds is 43. The first kappa shape index (κ1) is 46.5. The Morgan fingerprint density at radius 3 is 0.745 bits per heavy atom. The molecule has 0 aromatic rings. The number of ether oxygens (including phenoxy) is 11. The molecule has 0 atom stereocenters. The van der Waals surface area contributed by atoms with Gasteiger partial charge in [0.25, 0.3) is 0 Å². The lowest BCUT2D eigenvalue weighted by molar-refractivity contribution is -0.0278. The highest BCUT2D eigenvalue weighted by molar-refractivity contribution is 4.50. The van der Waals surface area contributed by atoms with Crippen molar-refractivity contribution in [3.8, 4) is 0 Å². The van der Waals surface area contributed by atoms with Crippen molar-refractivity contribution in [1.82, 2.24) is 0 Å². The number of aliphatic hydroxyl groups excluding tert-OH is 1. The molecule has 0 fully saturated rings. The highest BCUT2D eigenvalue weighted by atomic mass is 16.6. The van der Waals surface area contributed by atoms with Crippen LogP contribution in [0.25, 0.3) is 0 Å². The summed E-state index contributed by atoms with van der Waals surface area (Å²) in [5.74, 6) is 0.846. The number of aliphatic hydroxyl groups is 1. The van der Waals surface area contributed by atoms with Gasteiger partial charge in [-0.05, 0) is 12.3 Å². The van der Waals surface area contributed by atoms with Crippen LogP contribution in [-0.4, -0.2) is 157 Å². The molecule has 0 amide bonds. The standard InChI is InChI=1S/C35H72O12/c1-35(2)11-9-7-5-3-4-6-8-10-13-37-15-17-39-19-21-41-23-25-43-27-29-45-31-33-47-34-32-46-30-28-44-26-24-42-22-20-40-18-16-38-14-12-36/h35-36H,3-34H2,1-2H3. The second-order valence-electron chi connectivity index (χ2n) is 11.5. The van der Waals surface area contributed by atoms with E-state index in [2.05, 4.69) is 13.8 Å². The van der Waals surface area contributed by atoms with E-state index in [4.69, 9.17) is 57.2 Å². The van der Waals surface area contributed by atoms with E-state index in [9.17, 15) is 0 Å². The molecule has 1 N–H and O–H groups in total. The fourth-order valence-corrected chi connectivity index (χ4v) is 4.18. The summed E-state index contributed by atoms with van der Waals surface area (Å²) >= 11 is 0. The van der Waals surface area contributed by atoms with Crippen LogP contribution in [0.5, 0.6) is 0 Å². The van der Waals surface area contributed by atoms with E-state index in [1.807, 2.05) is 0 Å². The quantitative estimate of drug-likeness (QED) is 0.0921. The predicted octanol–water partition coefficient (Wildman–Crippen LogP) is 4.33. The van der Waals surface area contributed by atoms with Crippen molar-refractivity contribution >= 4 is 0 Å². The molecular formula is C35H72O12. The van der Waals surface area contributed by atoms with E-state index in [1.165, 1.54) is 51.4 Å². The SMILES string of the molecule is CC(C)CCCCCCCCCCOCCOCCOCCOCCOCCOCCOCCOCCOCCOCCOCCO. The first-order valence-electron chi connectivity index (χ1n) is 18.2. The van der Waals surface area contributed by atoms with E-state index >= 15 is 0 Å². The van der Waals surface area contributed by atoms with Crippen molar-refractivity contribution in [2.24, 2.45) is 5.92 Å². The average molecular weight is 685 g/mol. The van der Waals surface area contributed by atoms with E-state index < -0.39 is 0 Å². The van der Waals surface area contributed by atoms with Gasteiger partial charge < -0.3 is 57.2 Å². The smallest absolute Gasteiger partial charge is 0.0701 e. The maximum absolute atomic E-state index is 8.58. The number of unbranched alkanes of at least 4 members (excludes halogenated alkanes) is 7. The molecule has 0 aliphatic heterocycles. The maximum Gasteiger partial charge on any atom is 0.0701 e. The Balaban J connectivity index is 3.04.